The average molecular weight is 644 g/mol. The number of amides is 3. The molecule has 242 valence electrons. The lowest BCUT2D eigenvalue weighted by Crippen LogP contribution is -2.39. The van der Waals surface area contributed by atoms with Crippen LogP contribution in [0, 0.1) is 12.7 Å². The van der Waals surface area contributed by atoms with Crippen LogP contribution in [0.2, 0.25) is 0 Å². The molecule has 3 aromatic carbocycles. The van der Waals surface area contributed by atoms with Gasteiger partial charge in [0.1, 0.15) is 5.82 Å². The van der Waals surface area contributed by atoms with E-state index in [1.165, 1.54) is 6.07 Å². The summed E-state index contributed by atoms with van der Waals surface area (Å²) in [7, 11) is 1.93. The zero-order chi connectivity index (χ0) is 33.6. The van der Waals surface area contributed by atoms with Crippen molar-refractivity contribution >= 4 is 35.0 Å². The predicted molar refractivity (Wildman–Crippen MR) is 181 cm³/mol. The van der Waals surface area contributed by atoms with Crippen molar-refractivity contribution in [1.29, 1.82) is 0 Å². The Morgan fingerprint density at radius 3 is 2.52 bits per heavy atom. The van der Waals surface area contributed by atoms with Crippen LogP contribution in [0.1, 0.15) is 51.4 Å². The minimum atomic E-state index is -0.661. The number of aryl methyl sites for hydroxylation is 1. The van der Waals surface area contributed by atoms with Crippen molar-refractivity contribution < 1.29 is 18.8 Å². The van der Waals surface area contributed by atoms with Gasteiger partial charge < -0.3 is 10.6 Å². The van der Waals surface area contributed by atoms with Gasteiger partial charge in [0.25, 0.3) is 5.91 Å². The van der Waals surface area contributed by atoms with Crippen LogP contribution >= 0.6 is 0 Å². The molecular weight excluding hydrogens is 609 g/mol. The molecule has 48 heavy (non-hydrogen) atoms. The number of nitrogens with zero attached hydrogens (tertiary/aromatic N) is 4. The zero-order valence-corrected chi connectivity index (χ0v) is 26.5. The Balaban J connectivity index is 1.04. The van der Waals surface area contributed by atoms with Gasteiger partial charge >= 0.3 is 0 Å². The number of carbonyl (C=O) groups excluding carboxylic acids is 3. The van der Waals surface area contributed by atoms with E-state index < -0.39 is 17.6 Å². The molecule has 3 amide bonds. The summed E-state index contributed by atoms with van der Waals surface area (Å²) in [6.07, 6.45) is 5.64. The first-order valence-corrected chi connectivity index (χ1v) is 15.5. The molecule has 2 aromatic heterocycles. The number of hydrogen-bond donors (Lipinski definition) is 3. The van der Waals surface area contributed by atoms with Crippen LogP contribution in [0.25, 0.3) is 11.3 Å². The van der Waals surface area contributed by atoms with Crippen molar-refractivity contribution in [3.05, 3.63) is 131 Å². The maximum atomic E-state index is 14.9. The van der Waals surface area contributed by atoms with Crippen molar-refractivity contribution in [1.82, 2.24) is 25.2 Å². The van der Waals surface area contributed by atoms with Crippen LogP contribution in [0.3, 0.4) is 0 Å². The first-order chi connectivity index (χ1) is 23.2. The van der Waals surface area contributed by atoms with E-state index in [2.05, 4.69) is 30.9 Å². The lowest BCUT2D eigenvalue weighted by molar-refractivity contribution is -0.134. The number of rotatable bonds is 10. The maximum Gasteiger partial charge on any atom is 0.255 e. The summed E-state index contributed by atoms with van der Waals surface area (Å²) in [6, 6.07) is 23.4. The van der Waals surface area contributed by atoms with Crippen LogP contribution in [0.4, 0.5) is 21.7 Å². The third-order valence-corrected chi connectivity index (χ3v) is 8.16. The van der Waals surface area contributed by atoms with Gasteiger partial charge in [0.05, 0.1) is 11.6 Å². The molecule has 5 aromatic rings. The minimum Gasteiger partial charge on any atom is -0.324 e. The molecule has 10 nitrogen and oxygen atoms in total. The quantitative estimate of drug-likeness (QED) is 0.155. The Hall–Kier alpha value is -5.81. The second kappa shape index (κ2) is 14.3. The van der Waals surface area contributed by atoms with E-state index in [1.807, 2.05) is 73.5 Å². The highest BCUT2D eigenvalue weighted by Gasteiger charge is 2.30. The third kappa shape index (κ3) is 7.76. The molecule has 1 unspecified atom stereocenters. The summed E-state index contributed by atoms with van der Waals surface area (Å²) < 4.78 is 14.9. The number of imide groups is 1. The lowest BCUT2D eigenvalue weighted by atomic mass is 9.89. The summed E-state index contributed by atoms with van der Waals surface area (Å²) in [4.78, 5) is 51.9. The Kier molecular flexibility index (Phi) is 9.58. The molecular formula is C37H34FN7O3. The molecule has 1 aliphatic rings. The molecule has 0 radical (unpaired) electrons. The van der Waals surface area contributed by atoms with Crippen molar-refractivity contribution in [2.45, 2.75) is 38.8 Å². The number of piperidine rings is 1. The van der Waals surface area contributed by atoms with E-state index in [0.29, 0.717) is 42.3 Å². The maximum absolute atomic E-state index is 14.9. The molecule has 0 spiro atoms. The van der Waals surface area contributed by atoms with Gasteiger partial charge in [-0.1, -0.05) is 30.3 Å². The molecule has 1 saturated heterocycles. The number of hydrogen-bond acceptors (Lipinski definition) is 8. The standard InChI is InChI=1S/C37H34FN7O3/c1-23-5-11-28(19-33(23)43-37-40-17-15-32(42-37)27-4-3-16-39-20-27)41-35(47)26-9-6-24(7-10-26)21-45(2)22-25-8-12-29(31(38)18-25)30-13-14-34(46)44-36(30)48/h3-12,15-20,30H,13-14,21-22H2,1-2H3,(H,41,47)(H,40,42,43)(H,44,46,48). The van der Waals surface area contributed by atoms with Gasteiger partial charge in [0, 0.05) is 66.2 Å². The van der Waals surface area contributed by atoms with Gasteiger partial charge in [0.15, 0.2) is 0 Å². The van der Waals surface area contributed by atoms with Gasteiger partial charge in [0.2, 0.25) is 17.8 Å². The van der Waals surface area contributed by atoms with E-state index in [-0.39, 0.29) is 18.2 Å². The third-order valence-electron chi connectivity index (χ3n) is 8.16. The van der Waals surface area contributed by atoms with Crippen molar-refractivity contribution in [2.24, 2.45) is 0 Å². The fourth-order valence-corrected chi connectivity index (χ4v) is 5.63. The number of anilines is 3. The van der Waals surface area contributed by atoms with Crippen molar-refractivity contribution in [3.63, 3.8) is 0 Å². The van der Waals surface area contributed by atoms with Crippen LogP contribution in [-0.2, 0) is 22.7 Å². The van der Waals surface area contributed by atoms with E-state index >= 15 is 0 Å². The van der Waals surface area contributed by atoms with Gasteiger partial charge in [-0.3, -0.25) is 29.6 Å². The number of benzene rings is 3. The summed E-state index contributed by atoms with van der Waals surface area (Å²) in [5, 5.41) is 8.50. The Labute approximate surface area is 277 Å². The van der Waals surface area contributed by atoms with E-state index in [1.54, 1.807) is 36.8 Å². The van der Waals surface area contributed by atoms with Crippen LogP contribution < -0.4 is 16.0 Å². The van der Waals surface area contributed by atoms with Gasteiger partial charge in [-0.2, -0.15) is 0 Å². The highest BCUT2D eigenvalue weighted by Crippen LogP contribution is 2.28. The second-order valence-electron chi connectivity index (χ2n) is 11.8. The van der Waals surface area contributed by atoms with Gasteiger partial charge in [-0.05, 0) is 85.6 Å². The SMILES string of the molecule is Cc1ccc(NC(=O)c2ccc(CN(C)Cc3ccc(C4CCC(=O)NC4=O)c(F)c3)cc2)cc1Nc1nccc(-c2cccnc2)n1. The second-order valence-corrected chi connectivity index (χ2v) is 11.8. The number of aromatic nitrogens is 3. The van der Waals surface area contributed by atoms with Crippen LogP contribution in [0.5, 0.6) is 0 Å². The van der Waals surface area contributed by atoms with Crippen LogP contribution in [0.15, 0.2) is 97.5 Å². The molecule has 3 heterocycles. The molecule has 11 heteroatoms. The number of pyridine rings is 1. The molecule has 6 rings (SSSR count). The molecule has 0 bridgehead atoms. The summed E-state index contributed by atoms with van der Waals surface area (Å²) in [6.45, 7) is 3.02. The Morgan fingerprint density at radius 1 is 0.979 bits per heavy atom. The van der Waals surface area contributed by atoms with E-state index in [9.17, 15) is 18.8 Å². The summed E-state index contributed by atoms with van der Waals surface area (Å²) in [5.74, 6) is -1.71. The zero-order valence-electron chi connectivity index (χ0n) is 26.5. The Bertz CT molecular complexity index is 1970. The van der Waals surface area contributed by atoms with Gasteiger partial charge in [-0.25, -0.2) is 14.4 Å². The Morgan fingerprint density at radius 2 is 1.77 bits per heavy atom. The van der Waals surface area contributed by atoms with Crippen molar-refractivity contribution in [3.8, 4) is 11.3 Å². The molecule has 0 saturated carbocycles. The predicted octanol–water partition coefficient (Wildman–Crippen LogP) is 6.13. The normalized spacial score (nSPS) is 14.5. The highest BCUT2D eigenvalue weighted by molar-refractivity contribution is 6.04. The number of halogens is 1. The smallest absolute Gasteiger partial charge is 0.255 e. The summed E-state index contributed by atoms with van der Waals surface area (Å²) in [5.41, 5.74) is 6.54. The molecule has 3 N–H and O–H groups in total. The topological polar surface area (TPSA) is 129 Å². The number of nitrogens with one attached hydrogen (secondary N) is 3. The van der Waals surface area contributed by atoms with Gasteiger partial charge in [-0.15, -0.1) is 0 Å². The van der Waals surface area contributed by atoms with Crippen molar-refractivity contribution in [2.75, 3.05) is 17.7 Å². The van der Waals surface area contributed by atoms with E-state index in [4.69, 9.17) is 0 Å². The highest BCUT2D eigenvalue weighted by atomic mass is 19.1. The van der Waals surface area contributed by atoms with E-state index in [0.717, 1.165) is 33.6 Å². The first kappa shape index (κ1) is 32.1. The first-order valence-electron chi connectivity index (χ1n) is 15.5. The minimum absolute atomic E-state index is 0.199. The fraction of sp³-hybridized carbons (Fsp3) is 0.189. The molecule has 1 fully saturated rings. The average Bonchev–Trinajstić information content (AvgIpc) is 3.07. The van der Waals surface area contributed by atoms with Crippen LogP contribution in [-0.4, -0.2) is 44.6 Å². The lowest BCUT2D eigenvalue weighted by Gasteiger charge is -2.22. The molecule has 0 aliphatic carbocycles. The summed E-state index contributed by atoms with van der Waals surface area (Å²) >= 11 is 0. The monoisotopic (exact) mass is 643 g/mol. The fourth-order valence-electron chi connectivity index (χ4n) is 5.63. The largest absolute Gasteiger partial charge is 0.324 e. The number of carbonyl (C=O) groups is 3. The molecule has 1 atom stereocenters. The molecule has 1 aliphatic heterocycles.